The van der Waals surface area contributed by atoms with Crippen LogP contribution in [0.2, 0.25) is 0 Å². The highest BCUT2D eigenvalue weighted by atomic mass is 16.6. The summed E-state index contributed by atoms with van der Waals surface area (Å²) in [6.07, 6.45) is -1.19. The maximum absolute atomic E-state index is 12.8. The van der Waals surface area contributed by atoms with Crippen LogP contribution in [0, 0.1) is 24.0 Å². The monoisotopic (exact) mass is 417 g/mol. The number of esters is 2. The Morgan fingerprint density at radius 2 is 1.90 bits per heavy atom. The molecule has 0 radical (unpaired) electrons. The van der Waals surface area contributed by atoms with E-state index in [0.717, 1.165) is 6.07 Å². The third-order valence-corrected chi connectivity index (χ3v) is 4.52. The van der Waals surface area contributed by atoms with Crippen LogP contribution in [0.15, 0.2) is 18.2 Å². The van der Waals surface area contributed by atoms with E-state index in [9.17, 15) is 24.5 Å². The Labute approximate surface area is 172 Å². The van der Waals surface area contributed by atoms with E-state index in [0.29, 0.717) is 11.3 Å². The molecule has 30 heavy (non-hydrogen) atoms. The molecule has 0 aliphatic rings. The van der Waals surface area contributed by atoms with Gasteiger partial charge in [0.05, 0.1) is 28.4 Å². The van der Waals surface area contributed by atoms with Gasteiger partial charge >= 0.3 is 11.9 Å². The van der Waals surface area contributed by atoms with E-state index >= 15 is 0 Å². The zero-order valence-corrected chi connectivity index (χ0v) is 17.3. The minimum Gasteiger partial charge on any atom is -0.462 e. The summed E-state index contributed by atoms with van der Waals surface area (Å²) >= 11 is 0. The fourth-order valence-corrected chi connectivity index (χ4v) is 3.01. The quantitative estimate of drug-likeness (QED) is 0.289. The summed E-state index contributed by atoms with van der Waals surface area (Å²) in [7, 11) is 1.52. The largest absolute Gasteiger partial charge is 0.462 e. The first kappa shape index (κ1) is 22.6. The second-order valence-corrected chi connectivity index (χ2v) is 6.50. The van der Waals surface area contributed by atoms with Gasteiger partial charge in [0, 0.05) is 18.8 Å². The van der Waals surface area contributed by atoms with Gasteiger partial charge in [-0.2, -0.15) is 0 Å². The number of ketones is 1. The number of nitro benzene ring substituents is 1. The highest BCUT2D eigenvalue weighted by Crippen LogP contribution is 2.26. The van der Waals surface area contributed by atoms with E-state index in [-0.39, 0.29) is 34.8 Å². The smallest absolute Gasteiger partial charge is 0.340 e. The van der Waals surface area contributed by atoms with Gasteiger partial charge in [0.1, 0.15) is 5.69 Å². The number of aryl methyl sites for hydroxylation is 1. The molecular formula is C20H23N3O7. The minimum absolute atomic E-state index is 0.0630. The summed E-state index contributed by atoms with van der Waals surface area (Å²) in [6.45, 7) is 6.48. The van der Waals surface area contributed by atoms with E-state index in [1.807, 2.05) is 0 Å². The van der Waals surface area contributed by atoms with Gasteiger partial charge in [0.15, 0.2) is 6.10 Å². The SMILES string of the molecule is CCOC(=O)c1c(C)[nH]c(C(=O)[C@H](C)OC(=O)c2ccc(NC)c([N+](=O)[O-])c2)c1C. The van der Waals surface area contributed by atoms with Crippen LogP contribution in [0.1, 0.15) is 56.3 Å². The number of H-pyrrole nitrogens is 1. The number of nitrogens with one attached hydrogen (secondary N) is 2. The number of benzene rings is 1. The van der Waals surface area contributed by atoms with Crippen molar-refractivity contribution in [1.82, 2.24) is 4.98 Å². The lowest BCUT2D eigenvalue weighted by molar-refractivity contribution is -0.384. The van der Waals surface area contributed by atoms with Gasteiger partial charge in [0.25, 0.3) is 5.69 Å². The molecule has 2 aromatic rings. The number of aromatic nitrogens is 1. The molecule has 0 amide bonds. The molecule has 1 aromatic heterocycles. The van der Waals surface area contributed by atoms with Gasteiger partial charge in [-0.15, -0.1) is 0 Å². The molecule has 160 valence electrons. The van der Waals surface area contributed by atoms with Crippen LogP contribution in [-0.2, 0) is 9.47 Å². The lowest BCUT2D eigenvalue weighted by atomic mass is 10.1. The van der Waals surface area contributed by atoms with E-state index < -0.39 is 28.7 Å². The highest BCUT2D eigenvalue weighted by molar-refractivity contribution is 6.04. The van der Waals surface area contributed by atoms with E-state index in [4.69, 9.17) is 9.47 Å². The number of rotatable bonds is 8. The second-order valence-electron chi connectivity index (χ2n) is 6.50. The number of anilines is 1. The molecule has 2 N–H and O–H groups in total. The molecule has 0 aliphatic heterocycles. The van der Waals surface area contributed by atoms with E-state index in [2.05, 4.69) is 10.3 Å². The Kier molecular flexibility index (Phi) is 6.93. The molecule has 2 rings (SSSR count). The number of ether oxygens (including phenoxy) is 2. The second kappa shape index (κ2) is 9.21. The predicted octanol–water partition coefficient (Wildman–Crippen LogP) is 3.19. The molecule has 10 heteroatoms. The predicted molar refractivity (Wildman–Crippen MR) is 108 cm³/mol. The highest BCUT2D eigenvalue weighted by Gasteiger charge is 2.28. The van der Waals surface area contributed by atoms with Crippen LogP contribution in [-0.4, -0.2) is 47.4 Å². The van der Waals surface area contributed by atoms with Crippen molar-refractivity contribution in [2.24, 2.45) is 0 Å². The molecule has 1 atom stereocenters. The number of nitro groups is 1. The van der Waals surface area contributed by atoms with Crippen LogP contribution in [0.5, 0.6) is 0 Å². The minimum atomic E-state index is -1.19. The van der Waals surface area contributed by atoms with Crippen molar-refractivity contribution >= 4 is 29.1 Å². The van der Waals surface area contributed by atoms with Crippen molar-refractivity contribution < 1.29 is 28.8 Å². The lowest BCUT2D eigenvalue weighted by Crippen LogP contribution is -2.25. The summed E-state index contributed by atoms with van der Waals surface area (Å²) in [5.41, 5.74) is 1.14. The number of nitrogens with zero attached hydrogens (tertiary/aromatic N) is 1. The number of carbonyl (C=O) groups excluding carboxylic acids is 3. The topological polar surface area (TPSA) is 141 Å². The van der Waals surface area contributed by atoms with Crippen LogP contribution >= 0.6 is 0 Å². The zero-order chi connectivity index (χ0) is 22.6. The maximum atomic E-state index is 12.8. The van der Waals surface area contributed by atoms with Crippen LogP contribution < -0.4 is 5.32 Å². The molecule has 0 saturated heterocycles. The molecule has 1 aromatic carbocycles. The molecule has 0 saturated carbocycles. The first-order chi connectivity index (χ1) is 14.1. The number of aromatic amines is 1. The number of hydrogen-bond acceptors (Lipinski definition) is 8. The van der Waals surface area contributed by atoms with Crippen molar-refractivity contribution in [2.75, 3.05) is 19.0 Å². The Morgan fingerprint density at radius 3 is 2.47 bits per heavy atom. The lowest BCUT2D eigenvalue weighted by Gasteiger charge is -2.13. The summed E-state index contributed by atoms with van der Waals surface area (Å²) in [4.78, 5) is 50.7. The summed E-state index contributed by atoms with van der Waals surface area (Å²) in [6, 6.07) is 3.82. The normalized spacial score (nSPS) is 11.5. The molecule has 0 spiro atoms. The third kappa shape index (κ3) is 4.48. The standard InChI is InChI=1S/C20H23N3O7/c1-6-29-20(26)16-10(2)17(22-11(16)3)18(24)12(4)30-19(25)13-7-8-14(21-5)15(9-13)23(27)28/h7-9,12,21-22H,6H2,1-5H3/t12-/m0/s1. The molecular weight excluding hydrogens is 394 g/mol. The Hall–Kier alpha value is -3.69. The summed E-state index contributed by atoms with van der Waals surface area (Å²) in [5, 5.41) is 13.8. The molecule has 1 heterocycles. The number of carbonyl (C=O) groups is 3. The first-order valence-electron chi connectivity index (χ1n) is 9.19. The third-order valence-electron chi connectivity index (χ3n) is 4.52. The Morgan fingerprint density at radius 1 is 1.23 bits per heavy atom. The van der Waals surface area contributed by atoms with E-state index in [1.54, 1.807) is 20.8 Å². The molecule has 0 fully saturated rings. The number of hydrogen-bond donors (Lipinski definition) is 2. The van der Waals surface area contributed by atoms with Crippen LogP contribution in [0.3, 0.4) is 0 Å². The average molecular weight is 417 g/mol. The fourth-order valence-electron chi connectivity index (χ4n) is 3.01. The Balaban J connectivity index is 2.23. The van der Waals surface area contributed by atoms with Gasteiger partial charge in [-0.05, 0) is 45.4 Å². The van der Waals surface area contributed by atoms with Crippen molar-refractivity contribution in [1.29, 1.82) is 0 Å². The average Bonchev–Trinajstić information content (AvgIpc) is 3.00. The number of Topliss-reactive ketones (excluding diaryl/α,β-unsaturated/α-hetero) is 1. The fraction of sp³-hybridized carbons (Fsp3) is 0.350. The van der Waals surface area contributed by atoms with Gasteiger partial charge < -0.3 is 19.8 Å². The first-order valence-corrected chi connectivity index (χ1v) is 9.19. The molecule has 0 bridgehead atoms. The molecule has 0 aliphatic carbocycles. The molecule has 10 nitrogen and oxygen atoms in total. The molecule has 0 unspecified atom stereocenters. The summed E-state index contributed by atoms with van der Waals surface area (Å²) < 4.78 is 10.2. The van der Waals surface area contributed by atoms with Crippen molar-refractivity contribution in [2.45, 2.75) is 33.8 Å². The maximum Gasteiger partial charge on any atom is 0.340 e. The van der Waals surface area contributed by atoms with E-state index in [1.165, 1.54) is 26.1 Å². The van der Waals surface area contributed by atoms with Crippen LogP contribution in [0.4, 0.5) is 11.4 Å². The van der Waals surface area contributed by atoms with Gasteiger partial charge in [-0.25, -0.2) is 9.59 Å². The van der Waals surface area contributed by atoms with Crippen molar-refractivity contribution in [3.8, 4) is 0 Å². The zero-order valence-electron chi connectivity index (χ0n) is 17.3. The Bertz CT molecular complexity index is 1010. The van der Waals surface area contributed by atoms with Gasteiger partial charge in [0.2, 0.25) is 5.78 Å². The summed E-state index contributed by atoms with van der Waals surface area (Å²) in [5.74, 6) is -1.97. The van der Waals surface area contributed by atoms with Gasteiger partial charge in [-0.1, -0.05) is 0 Å². The van der Waals surface area contributed by atoms with Crippen LogP contribution in [0.25, 0.3) is 0 Å². The van der Waals surface area contributed by atoms with Crippen molar-refractivity contribution in [3.63, 3.8) is 0 Å². The van der Waals surface area contributed by atoms with Gasteiger partial charge in [-0.3, -0.25) is 14.9 Å². The van der Waals surface area contributed by atoms with Crippen molar-refractivity contribution in [3.05, 3.63) is 56.4 Å².